The summed E-state index contributed by atoms with van der Waals surface area (Å²) < 4.78 is 0. The Labute approximate surface area is 108 Å². The van der Waals surface area contributed by atoms with Crippen molar-refractivity contribution in [1.29, 1.82) is 0 Å². The van der Waals surface area contributed by atoms with Gasteiger partial charge in [-0.15, -0.1) is 0 Å². The summed E-state index contributed by atoms with van der Waals surface area (Å²) in [6.07, 6.45) is 3.46. The summed E-state index contributed by atoms with van der Waals surface area (Å²) >= 11 is 0. The smallest absolute Gasteiger partial charge is 0.148 e. The van der Waals surface area contributed by atoms with Crippen LogP contribution in [-0.2, 0) is 5.54 Å². The van der Waals surface area contributed by atoms with Gasteiger partial charge in [-0.2, -0.15) is 0 Å². The van der Waals surface area contributed by atoms with Crippen molar-refractivity contribution in [3.63, 3.8) is 0 Å². The van der Waals surface area contributed by atoms with Gasteiger partial charge in [0, 0.05) is 11.8 Å². The van der Waals surface area contributed by atoms with Crippen molar-refractivity contribution < 1.29 is 0 Å². The van der Waals surface area contributed by atoms with Gasteiger partial charge in [0.25, 0.3) is 0 Å². The minimum atomic E-state index is -0.426. The lowest BCUT2D eigenvalue weighted by Crippen LogP contribution is -2.37. The summed E-state index contributed by atoms with van der Waals surface area (Å²) in [5.74, 6) is 0.730. The Balaban J connectivity index is 2.43. The van der Waals surface area contributed by atoms with Crippen LogP contribution in [0.5, 0.6) is 0 Å². The van der Waals surface area contributed by atoms with Gasteiger partial charge in [-0.1, -0.05) is 44.2 Å². The molecule has 0 saturated heterocycles. The van der Waals surface area contributed by atoms with E-state index in [1.165, 1.54) is 0 Å². The van der Waals surface area contributed by atoms with E-state index in [0.717, 1.165) is 29.9 Å². The lowest BCUT2D eigenvalue weighted by molar-refractivity contribution is 0.387. The molecule has 0 radical (unpaired) electrons. The van der Waals surface area contributed by atoms with Gasteiger partial charge in [-0.05, 0) is 18.9 Å². The fraction of sp³-hybridized carbons (Fsp3) is 0.333. The fourth-order valence-corrected chi connectivity index (χ4v) is 1.93. The molecule has 0 bridgehead atoms. The Bertz CT molecular complexity index is 504. The number of nitrogens with two attached hydrogens (primary N) is 1. The molecule has 1 aromatic carbocycles. The fourth-order valence-electron chi connectivity index (χ4n) is 1.93. The van der Waals surface area contributed by atoms with Crippen molar-refractivity contribution in [2.75, 3.05) is 0 Å². The molecule has 1 aromatic heterocycles. The highest BCUT2D eigenvalue weighted by Crippen LogP contribution is 2.24. The first kappa shape index (κ1) is 12.7. The maximum absolute atomic E-state index is 6.34. The van der Waals surface area contributed by atoms with Crippen LogP contribution in [0.2, 0.25) is 0 Å². The van der Waals surface area contributed by atoms with E-state index in [2.05, 4.69) is 23.8 Å². The average Bonchev–Trinajstić information content (AvgIpc) is 2.47. The molecule has 0 saturated carbocycles. The van der Waals surface area contributed by atoms with Gasteiger partial charge in [-0.25, -0.2) is 9.97 Å². The zero-order valence-electron chi connectivity index (χ0n) is 10.9. The van der Waals surface area contributed by atoms with E-state index in [4.69, 9.17) is 5.73 Å². The molecular weight excluding hydrogens is 222 g/mol. The second kappa shape index (κ2) is 5.27. The van der Waals surface area contributed by atoms with Gasteiger partial charge in [0.15, 0.2) is 0 Å². The highest BCUT2D eigenvalue weighted by Gasteiger charge is 2.26. The number of benzene rings is 1. The monoisotopic (exact) mass is 241 g/mol. The molecule has 0 aliphatic rings. The molecule has 2 aromatic rings. The summed E-state index contributed by atoms with van der Waals surface area (Å²) in [4.78, 5) is 8.96. The van der Waals surface area contributed by atoms with E-state index < -0.39 is 5.54 Å². The lowest BCUT2D eigenvalue weighted by atomic mass is 9.93. The third-order valence-corrected chi connectivity index (χ3v) is 3.43. The predicted octanol–water partition coefficient (Wildman–Crippen LogP) is 3.12. The van der Waals surface area contributed by atoms with Gasteiger partial charge in [0.2, 0.25) is 0 Å². The number of rotatable bonds is 4. The molecule has 0 unspecified atom stereocenters. The Morgan fingerprint density at radius 3 is 2.33 bits per heavy atom. The van der Waals surface area contributed by atoms with Crippen LogP contribution in [-0.4, -0.2) is 9.97 Å². The van der Waals surface area contributed by atoms with Crippen molar-refractivity contribution in [3.05, 3.63) is 48.4 Å². The number of hydrogen-bond acceptors (Lipinski definition) is 3. The van der Waals surface area contributed by atoms with Crippen molar-refractivity contribution in [3.8, 4) is 11.3 Å². The first-order chi connectivity index (χ1) is 8.69. The van der Waals surface area contributed by atoms with Gasteiger partial charge in [0.1, 0.15) is 5.82 Å². The second-order valence-electron chi connectivity index (χ2n) is 4.49. The summed E-state index contributed by atoms with van der Waals surface area (Å²) in [5.41, 5.74) is 7.94. The Morgan fingerprint density at radius 1 is 1.06 bits per heavy atom. The summed E-state index contributed by atoms with van der Waals surface area (Å²) in [5, 5.41) is 0. The van der Waals surface area contributed by atoms with Crippen molar-refractivity contribution in [1.82, 2.24) is 9.97 Å². The molecule has 0 aliphatic heterocycles. The zero-order valence-corrected chi connectivity index (χ0v) is 10.9. The molecule has 2 N–H and O–H groups in total. The molecule has 3 heteroatoms. The van der Waals surface area contributed by atoms with Gasteiger partial charge in [-0.3, -0.25) is 0 Å². The van der Waals surface area contributed by atoms with E-state index >= 15 is 0 Å². The van der Waals surface area contributed by atoms with Crippen LogP contribution in [0.3, 0.4) is 0 Å². The third-order valence-electron chi connectivity index (χ3n) is 3.43. The Kier molecular flexibility index (Phi) is 3.72. The minimum absolute atomic E-state index is 0.426. The first-order valence-corrected chi connectivity index (χ1v) is 6.37. The molecule has 0 aliphatic carbocycles. The molecule has 0 amide bonds. The Morgan fingerprint density at radius 2 is 1.72 bits per heavy atom. The summed E-state index contributed by atoms with van der Waals surface area (Å²) in [7, 11) is 0. The highest BCUT2D eigenvalue weighted by molar-refractivity contribution is 5.58. The van der Waals surface area contributed by atoms with E-state index in [9.17, 15) is 0 Å². The standard InChI is InChI=1S/C15H19N3/c1-3-15(16,4-2)14-17-11-10-13(18-14)12-8-6-5-7-9-12/h5-11H,3-4,16H2,1-2H3. The largest absolute Gasteiger partial charge is 0.319 e. The van der Waals surface area contributed by atoms with Crippen LogP contribution in [0.25, 0.3) is 11.3 Å². The summed E-state index contributed by atoms with van der Waals surface area (Å²) in [6, 6.07) is 12.0. The average molecular weight is 241 g/mol. The SMILES string of the molecule is CCC(N)(CC)c1nccc(-c2ccccc2)n1. The van der Waals surface area contributed by atoms with E-state index in [-0.39, 0.29) is 0 Å². The number of nitrogens with zero attached hydrogens (tertiary/aromatic N) is 2. The van der Waals surface area contributed by atoms with Crippen LogP contribution in [0.1, 0.15) is 32.5 Å². The lowest BCUT2D eigenvalue weighted by Gasteiger charge is -2.24. The van der Waals surface area contributed by atoms with Crippen LogP contribution in [0.4, 0.5) is 0 Å². The molecule has 3 nitrogen and oxygen atoms in total. The van der Waals surface area contributed by atoms with Crippen LogP contribution in [0, 0.1) is 0 Å². The summed E-state index contributed by atoms with van der Waals surface area (Å²) in [6.45, 7) is 4.14. The van der Waals surface area contributed by atoms with Gasteiger partial charge >= 0.3 is 0 Å². The quantitative estimate of drug-likeness (QED) is 0.894. The van der Waals surface area contributed by atoms with Crippen LogP contribution >= 0.6 is 0 Å². The Hall–Kier alpha value is -1.74. The van der Waals surface area contributed by atoms with Gasteiger partial charge in [0.05, 0.1) is 11.2 Å². The first-order valence-electron chi connectivity index (χ1n) is 6.37. The molecule has 0 spiro atoms. The normalized spacial score (nSPS) is 11.5. The van der Waals surface area contributed by atoms with Gasteiger partial charge < -0.3 is 5.73 Å². The van der Waals surface area contributed by atoms with E-state index in [1.807, 2.05) is 36.4 Å². The zero-order chi connectivity index (χ0) is 13.0. The molecule has 94 valence electrons. The molecule has 0 atom stereocenters. The highest BCUT2D eigenvalue weighted by atomic mass is 15.0. The maximum Gasteiger partial charge on any atom is 0.148 e. The van der Waals surface area contributed by atoms with E-state index in [1.54, 1.807) is 6.20 Å². The topological polar surface area (TPSA) is 51.8 Å². The van der Waals surface area contributed by atoms with Crippen LogP contribution < -0.4 is 5.73 Å². The molecule has 0 fully saturated rings. The van der Waals surface area contributed by atoms with Crippen molar-refractivity contribution in [2.45, 2.75) is 32.2 Å². The molecule has 1 heterocycles. The molecular formula is C15H19N3. The maximum atomic E-state index is 6.34. The molecule has 2 rings (SSSR count). The minimum Gasteiger partial charge on any atom is -0.319 e. The van der Waals surface area contributed by atoms with Crippen molar-refractivity contribution >= 4 is 0 Å². The van der Waals surface area contributed by atoms with E-state index in [0.29, 0.717) is 0 Å². The number of aromatic nitrogens is 2. The van der Waals surface area contributed by atoms with Crippen LogP contribution in [0.15, 0.2) is 42.6 Å². The predicted molar refractivity (Wildman–Crippen MR) is 73.9 cm³/mol. The number of hydrogen-bond donors (Lipinski definition) is 1. The third kappa shape index (κ3) is 2.41. The molecule has 18 heavy (non-hydrogen) atoms. The van der Waals surface area contributed by atoms with Crippen molar-refractivity contribution in [2.24, 2.45) is 5.73 Å². The second-order valence-corrected chi connectivity index (χ2v) is 4.49.